The van der Waals surface area contributed by atoms with Crippen LogP contribution in [0.3, 0.4) is 0 Å². The van der Waals surface area contributed by atoms with Crippen LogP contribution in [0.1, 0.15) is 44.2 Å². The van der Waals surface area contributed by atoms with Crippen LogP contribution in [-0.2, 0) is 0 Å². The van der Waals surface area contributed by atoms with Gasteiger partial charge in [-0.3, -0.25) is 0 Å². The van der Waals surface area contributed by atoms with Crippen molar-refractivity contribution in [2.75, 3.05) is 19.6 Å². The number of rotatable bonds is 3. The molecule has 0 N–H and O–H groups in total. The van der Waals surface area contributed by atoms with Crippen LogP contribution in [0, 0.1) is 5.41 Å². The Bertz CT molecular complexity index is 606. The molecule has 106 valence electrons. The fourth-order valence-corrected chi connectivity index (χ4v) is 3.48. The minimum Gasteiger partial charge on any atom is -0.356 e. The van der Waals surface area contributed by atoms with Crippen molar-refractivity contribution in [1.82, 2.24) is 10.1 Å². The first kappa shape index (κ1) is 12.4. The van der Waals surface area contributed by atoms with Crippen molar-refractivity contribution >= 4 is 11.0 Å². The molecule has 2 heterocycles. The van der Waals surface area contributed by atoms with E-state index in [2.05, 4.69) is 29.1 Å². The van der Waals surface area contributed by atoms with E-state index in [-0.39, 0.29) is 0 Å². The molecular weight excluding hydrogens is 248 g/mol. The highest BCUT2D eigenvalue weighted by molar-refractivity contribution is 5.79. The Kier molecular flexibility index (Phi) is 2.84. The third-order valence-corrected chi connectivity index (χ3v) is 5.09. The lowest BCUT2D eigenvalue weighted by atomic mass is 9.91. The van der Waals surface area contributed by atoms with E-state index in [9.17, 15) is 0 Å². The predicted octanol–water partition coefficient (Wildman–Crippen LogP) is 3.81. The molecule has 0 atom stereocenters. The summed E-state index contributed by atoms with van der Waals surface area (Å²) >= 11 is 0. The number of nitrogens with zero attached hydrogens (tertiary/aromatic N) is 2. The number of para-hydroxylation sites is 1. The molecule has 2 aromatic rings. The molecule has 1 saturated carbocycles. The number of aromatic nitrogens is 1. The van der Waals surface area contributed by atoms with Crippen molar-refractivity contribution in [2.24, 2.45) is 5.41 Å². The SMILES string of the molecule is CC1(CN2CCC(c3noc4ccccc34)CC2)CC1. The predicted molar refractivity (Wildman–Crippen MR) is 79.8 cm³/mol. The first-order valence-corrected chi connectivity index (χ1v) is 7.80. The van der Waals surface area contributed by atoms with Gasteiger partial charge in [0.15, 0.2) is 5.58 Å². The molecule has 0 radical (unpaired) electrons. The fraction of sp³-hybridized carbons (Fsp3) is 0.588. The van der Waals surface area contributed by atoms with Gasteiger partial charge in [0.2, 0.25) is 0 Å². The second-order valence-electron chi connectivity index (χ2n) is 6.93. The molecule has 0 unspecified atom stereocenters. The molecule has 20 heavy (non-hydrogen) atoms. The average Bonchev–Trinajstić information content (AvgIpc) is 3.03. The Labute approximate surface area is 119 Å². The van der Waals surface area contributed by atoms with E-state index in [1.54, 1.807) is 0 Å². The summed E-state index contributed by atoms with van der Waals surface area (Å²) in [4.78, 5) is 2.64. The maximum atomic E-state index is 5.46. The molecule has 2 fully saturated rings. The summed E-state index contributed by atoms with van der Waals surface area (Å²) in [5.41, 5.74) is 2.74. The van der Waals surface area contributed by atoms with Crippen LogP contribution in [0.25, 0.3) is 11.0 Å². The van der Waals surface area contributed by atoms with Gasteiger partial charge in [-0.05, 0) is 56.3 Å². The van der Waals surface area contributed by atoms with Gasteiger partial charge in [0, 0.05) is 17.8 Å². The first-order valence-electron chi connectivity index (χ1n) is 7.80. The first-order chi connectivity index (χ1) is 9.73. The molecule has 1 aromatic carbocycles. The number of hydrogen-bond donors (Lipinski definition) is 0. The Morgan fingerprint density at radius 3 is 2.75 bits per heavy atom. The molecule has 3 heteroatoms. The molecule has 4 rings (SSSR count). The highest BCUT2D eigenvalue weighted by Crippen LogP contribution is 2.46. The van der Waals surface area contributed by atoms with Crippen LogP contribution >= 0.6 is 0 Å². The van der Waals surface area contributed by atoms with E-state index in [1.165, 1.54) is 56.4 Å². The zero-order valence-corrected chi connectivity index (χ0v) is 12.1. The lowest BCUT2D eigenvalue weighted by Gasteiger charge is -2.33. The molecule has 1 aliphatic carbocycles. The largest absolute Gasteiger partial charge is 0.356 e. The molecule has 2 aliphatic rings. The van der Waals surface area contributed by atoms with Crippen LogP contribution in [0.2, 0.25) is 0 Å². The molecule has 1 aromatic heterocycles. The van der Waals surface area contributed by atoms with Gasteiger partial charge >= 0.3 is 0 Å². The Balaban J connectivity index is 1.46. The van der Waals surface area contributed by atoms with Gasteiger partial charge in [-0.2, -0.15) is 0 Å². The van der Waals surface area contributed by atoms with E-state index >= 15 is 0 Å². The second kappa shape index (κ2) is 4.59. The third-order valence-electron chi connectivity index (χ3n) is 5.09. The second-order valence-corrected chi connectivity index (χ2v) is 6.93. The maximum absolute atomic E-state index is 5.46. The topological polar surface area (TPSA) is 29.3 Å². The van der Waals surface area contributed by atoms with Crippen molar-refractivity contribution in [3.8, 4) is 0 Å². The van der Waals surface area contributed by atoms with Crippen LogP contribution in [0.4, 0.5) is 0 Å². The summed E-state index contributed by atoms with van der Waals surface area (Å²) in [6.07, 6.45) is 5.26. The van der Waals surface area contributed by atoms with Gasteiger partial charge in [0.25, 0.3) is 0 Å². The Hall–Kier alpha value is -1.35. The molecule has 1 aliphatic heterocycles. The average molecular weight is 270 g/mol. The van der Waals surface area contributed by atoms with Crippen molar-refractivity contribution in [3.63, 3.8) is 0 Å². The zero-order valence-electron chi connectivity index (χ0n) is 12.1. The highest BCUT2D eigenvalue weighted by atomic mass is 16.5. The lowest BCUT2D eigenvalue weighted by Crippen LogP contribution is -2.36. The van der Waals surface area contributed by atoms with Crippen molar-refractivity contribution < 1.29 is 4.52 Å². The van der Waals surface area contributed by atoms with Crippen molar-refractivity contribution in [2.45, 2.75) is 38.5 Å². The zero-order chi connectivity index (χ0) is 13.6. The van der Waals surface area contributed by atoms with Crippen molar-refractivity contribution in [1.29, 1.82) is 0 Å². The summed E-state index contributed by atoms with van der Waals surface area (Å²) in [6, 6.07) is 8.23. The maximum Gasteiger partial charge on any atom is 0.167 e. The van der Waals surface area contributed by atoms with Gasteiger partial charge in [0.05, 0.1) is 5.69 Å². The Morgan fingerprint density at radius 2 is 2.00 bits per heavy atom. The lowest BCUT2D eigenvalue weighted by molar-refractivity contribution is 0.178. The minimum atomic E-state index is 0.571. The van der Waals surface area contributed by atoms with E-state index in [0.717, 1.165) is 5.58 Å². The number of fused-ring (bicyclic) bond motifs is 1. The normalized spacial score (nSPS) is 23.2. The van der Waals surface area contributed by atoms with Gasteiger partial charge < -0.3 is 9.42 Å². The van der Waals surface area contributed by atoms with Crippen LogP contribution < -0.4 is 0 Å². The summed E-state index contributed by atoms with van der Waals surface area (Å²) in [7, 11) is 0. The van der Waals surface area contributed by atoms with E-state index < -0.39 is 0 Å². The molecule has 0 amide bonds. The molecule has 1 saturated heterocycles. The fourth-order valence-electron chi connectivity index (χ4n) is 3.48. The smallest absolute Gasteiger partial charge is 0.167 e. The third kappa shape index (κ3) is 2.24. The van der Waals surface area contributed by atoms with E-state index in [1.807, 2.05) is 12.1 Å². The van der Waals surface area contributed by atoms with Crippen molar-refractivity contribution in [3.05, 3.63) is 30.0 Å². The number of benzene rings is 1. The van der Waals surface area contributed by atoms with Crippen LogP contribution in [-0.4, -0.2) is 29.7 Å². The minimum absolute atomic E-state index is 0.571. The van der Waals surface area contributed by atoms with Gasteiger partial charge in [-0.1, -0.05) is 24.2 Å². The van der Waals surface area contributed by atoms with Gasteiger partial charge in [-0.25, -0.2) is 0 Å². The van der Waals surface area contributed by atoms with E-state index in [0.29, 0.717) is 11.3 Å². The highest BCUT2D eigenvalue weighted by Gasteiger charge is 2.39. The summed E-state index contributed by atoms with van der Waals surface area (Å²) in [5.74, 6) is 0.571. The van der Waals surface area contributed by atoms with Crippen LogP contribution in [0.5, 0.6) is 0 Å². The molecular formula is C17H22N2O. The van der Waals surface area contributed by atoms with Crippen LogP contribution in [0.15, 0.2) is 28.8 Å². The number of piperidine rings is 1. The summed E-state index contributed by atoms with van der Waals surface area (Å²) < 4.78 is 5.46. The number of hydrogen-bond acceptors (Lipinski definition) is 3. The van der Waals surface area contributed by atoms with Gasteiger partial charge in [0.1, 0.15) is 0 Å². The summed E-state index contributed by atoms with van der Waals surface area (Å²) in [6.45, 7) is 6.13. The standard InChI is InChI=1S/C17H22N2O/c1-17(8-9-17)12-19-10-6-13(7-11-19)16-14-4-2-3-5-15(14)20-18-16/h2-5,13H,6-12H2,1H3. The van der Waals surface area contributed by atoms with E-state index in [4.69, 9.17) is 4.52 Å². The monoisotopic (exact) mass is 270 g/mol. The molecule has 0 bridgehead atoms. The summed E-state index contributed by atoms with van der Waals surface area (Å²) in [5, 5.41) is 5.55. The van der Waals surface area contributed by atoms with Gasteiger partial charge in [-0.15, -0.1) is 0 Å². The number of likely N-dealkylation sites (tertiary alicyclic amines) is 1. The Morgan fingerprint density at radius 1 is 1.25 bits per heavy atom. The quantitative estimate of drug-likeness (QED) is 0.849. The molecule has 3 nitrogen and oxygen atoms in total. The molecule has 0 spiro atoms.